The number of amides is 1. The Hall–Kier alpha value is -1.57. The number of nitrogens with zero attached hydrogens (tertiary/aromatic N) is 1. The molecule has 1 aliphatic heterocycles. The van der Waals surface area contributed by atoms with Crippen LogP contribution in [0.1, 0.15) is 16.8 Å². The van der Waals surface area contributed by atoms with Gasteiger partial charge in [-0.05, 0) is 41.0 Å². The molecule has 2 heterocycles. The molecule has 7 heteroatoms. The standard InChI is InChI=1S/C17H21BrN2O4/c1-22-14-9-12(10-15-13(14)11-16(18)24-15)17(21)19-3-2-4-20-5-7-23-8-6-20/h9-11H,2-8H2,1H3,(H,19,21). The van der Waals surface area contributed by atoms with Gasteiger partial charge in [-0.2, -0.15) is 0 Å². The van der Waals surface area contributed by atoms with Crippen LogP contribution in [0, 0.1) is 0 Å². The number of benzene rings is 1. The van der Waals surface area contributed by atoms with Gasteiger partial charge in [-0.25, -0.2) is 0 Å². The molecule has 1 N–H and O–H groups in total. The highest BCUT2D eigenvalue weighted by Gasteiger charge is 2.14. The first-order valence-electron chi connectivity index (χ1n) is 8.03. The summed E-state index contributed by atoms with van der Waals surface area (Å²) in [6.45, 7) is 5.13. The fourth-order valence-electron chi connectivity index (χ4n) is 2.81. The van der Waals surface area contributed by atoms with Gasteiger partial charge in [-0.3, -0.25) is 9.69 Å². The Labute approximate surface area is 149 Å². The first-order chi connectivity index (χ1) is 11.7. The average Bonchev–Trinajstić information content (AvgIpc) is 2.98. The molecule has 1 fully saturated rings. The first kappa shape index (κ1) is 17.3. The summed E-state index contributed by atoms with van der Waals surface area (Å²) in [6.07, 6.45) is 0.914. The summed E-state index contributed by atoms with van der Waals surface area (Å²) in [5.41, 5.74) is 1.16. The summed E-state index contributed by atoms with van der Waals surface area (Å²) in [7, 11) is 1.58. The highest BCUT2D eigenvalue weighted by molar-refractivity contribution is 9.10. The number of carbonyl (C=O) groups excluding carboxylic acids is 1. The molecule has 24 heavy (non-hydrogen) atoms. The number of nitrogens with one attached hydrogen (secondary N) is 1. The molecule has 1 aromatic heterocycles. The van der Waals surface area contributed by atoms with Crippen LogP contribution >= 0.6 is 15.9 Å². The van der Waals surface area contributed by atoms with Crippen LogP contribution in [0.4, 0.5) is 0 Å². The molecule has 0 unspecified atom stereocenters. The van der Waals surface area contributed by atoms with E-state index in [2.05, 4.69) is 26.1 Å². The maximum Gasteiger partial charge on any atom is 0.251 e. The van der Waals surface area contributed by atoms with E-state index in [1.54, 1.807) is 19.2 Å². The van der Waals surface area contributed by atoms with E-state index in [0.29, 0.717) is 28.1 Å². The number of morpholine rings is 1. The summed E-state index contributed by atoms with van der Waals surface area (Å²) in [5.74, 6) is 0.505. The average molecular weight is 397 g/mol. The number of carbonyl (C=O) groups is 1. The van der Waals surface area contributed by atoms with Crippen LogP contribution in [0.5, 0.6) is 5.75 Å². The minimum absolute atomic E-state index is 0.121. The van der Waals surface area contributed by atoms with Gasteiger partial charge in [0.2, 0.25) is 0 Å². The van der Waals surface area contributed by atoms with E-state index in [1.165, 1.54) is 0 Å². The summed E-state index contributed by atoms with van der Waals surface area (Å²) in [4.78, 5) is 14.7. The molecular weight excluding hydrogens is 376 g/mol. The zero-order chi connectivity index (χ0) is 16.9. The summed E-state index contributed by atoms with van der Waals surface area (Å²) >= 11 is 3.30. The molecule has 0 bridgehead atoms. The summed E-state index contributed by atoms with van der Waals surface area (Å²) < 4.78 is 16.8. The molecular formula is C17H21BrN2O4. The van der Waals surface area contributed by atoms with Crippen LogP contribution in [0.2, 0.25) is 0 Å². The van der Waals surface area contributed by atoms with Crippen molar-refractivity contribution in [3.8, 4) is 5.75 Å². The zero-order valence-electron chi connectivity index (χ0n) is 13.6. The van der Waals surface area contributed by atoms with Gasteiger partial charge in [-0.1, -0.05) is 0 Å². The van der Waals surface area contributed by atoms with Crippen LogP contribution in [0.15, 0.2) is 27.3 Å². The molecule has 0 spiro atoms. The van der Waals surface area contributed by atoms with Gasteiger partial charge in [0.25, 0.3) is 5.91 Å². The van der Waals surface area contributed by atoms with Crippen LogP contribution in [0.3, 0.4) is 0 Å². The van der Waals surface area contributed by atoms with Gasteiger partial charge < -0.3 is 19.2 Å². The molecule has 6 nitrogen and oxygen atoms in total. The smallest absolute Gasteiger partial charge is 0.251 e. The van der Waals surface area contributed by atoms with Gasteiger partial charge in [0.15, 0.2) is 4.67 Å². The van der Waals surface area contributed by atoms with E-state index in [-0.39, 0.29) is 5.91 Å². The normalized spacial score (nSPS) is 15.6. The van der Waals surface area contributed by atoms with Gasteiger partial charge >= 0.3 is 0 Å². The lowest BCUT2D eigenvalue weighted by molar-refractivity contribution is 0.0374. The van der Waals surface area contributed by atoms with E-state index in [0.717, 1.165) is 44.7 Å². The Bertz CT molecular complexity index is 710. The molecule has 0 atom stereocenters. The fraction of sp³-hybridized carbons (Fsp3) is 0.471. The number of furan rings is 1. The molecule has 130 valence electrons. The number of halogens is 1. The maximum absolute atomic E-state index is 12.4. The Kier molecular flexibility index (Phi) is 5.76. The summed E-state index contributed by atoms with van der Waals surface area (Å²) in [6, 6.07) is 5.31. The molecule has 2 aromatic rings. The van der Waals surface area contributed by atoms with Crippen molar-refractivity contribution in [2.75, 3.05) is 46.5 Å². The van der Waals surface area contributed by atoms with Crippen molar-refractivity contribution in [1.29, 1.82) is 0 Å². The highest BCUT2D eigenvalue weighted by atomic mass is 79.9. The van der Waals surface area contributed by atoms with Crippen molar-refractivity contribution >= 4 is 32.8 Å². The molecule has 1 aliphatic rings. The number of hydrogen-bond donors (Lipinski definition) is 1. The van der Waals surface area contributed by atoms with E-state index < -0.39 is 0 Å². The number of fused-ring (bicyclic) bond motifs is 1. The van der Waals surface area contributed by atoms with Gasteiger partial charge in [0, 0.05) is 31.3 Å². The molecule has 0 radical (unpaired) electrons. The van der Waals surface area contributed by atoms with Gasteiger partial charge in [0.1, 0.15) is 11.3 Å². The second kappa shape index (κ2) is 8.00. The van der Waals surface area contributed by atoms with E-state index in [4.69, 9.17) is 13.9 Å². The van der Waals surface area contributed by atoms with Gasteiger partial charge in [-0.15, -0.1) is 0 Å². The number of ether oxygens (including phenoxy) is 2. The van der Waals surface area contributed by atoms with Crippen LogP contribution in [0.25, 0.3) is 11.0 Å². The number of hydrogen-bond acceptors (Lipinski definition) is 5. The van der Waals surface area contributed by atoms with Crippen molar-refractivity contribution in [3.63, 3.8) is 0 Å². The topological polar surface area (TPSA) is 63.9 Å². The minimum atomic E-state index is -0.121. The van der Waals surface area contributed by atoms with E-state index >= 15 is 0 Å². The predicted octanol–water partition coefficient (Wildman–Crippen LogP) is 2.66. The van der Waals surface area contributed by atoms with E-state index in [1.807, 2.05) is 6.07 Å². The van der Waals surface area contributed by atoms with Crippen molar-refractivity contribution < 1.29 is 18.7 Å². The van der Waals surface area contributed by atoms with Crippen molar-refractivity contribution in [2.24, 2.45) is 0 Å². The van der Waals surface area contributed by atoms with Gasteiger partial charge in [0.05, 0.1) is 25.7 Å². The largest absolute Gasteiger partial charge is 0.496 e. The Morgan fingerprint density at radius 3 is 2.88 bits per heavy atom. The third-order valence-electron chi connectivity index (χ3n) is 4.09. The Morgan fingerprint density at radius 1 is 1.33 bits per heavy atom. The molecule has 0 aliphatic carbocycles. The Balaban J connectivity index is 1.57. The molecule has 1 amide bonds. The van der Waals surface area contributed by atoms with Crippen LogP contribution in [-0.4, -0.2) is 57.3 Å². The van der Waals surface area contributed by atoms with Crippen molar-refractivity contribution in [1.82, 2.24) is 10.2 Å². The molecule has 3 rings (SSSR count). The fourth-order valence-corrected chi connectivity index (χ4v) is 3.21. The first-order valence-corrected chi connectivity index (χ1v) is 8.82. The molecule has 1 aromatic carbocycles. The van der Waals surface area contributed by atoms with Crippen molar-refractivity contribution in [2.45, 2.75) is 6.42 Å². The lowest BCUT2D eigenvalue weighted by Gasteiger charge is -2.26. The number of rotatable bonds is 6. The van der Waals surface area contributed by atoms with Crippen LogP contribution < -0.4 is 10.1 Å². The predicted molar refractivity (Wildman–Crippen MR) is 94.7 cm³/mol. The zero-order valence-corrected chi connectivity index (χ0v) is 15.2. The van der Waals surface area contributed by atoms with E-state index in [9.17, 15) is 4.79 Å². The number of methoxy groups -OCH3 is 1. The lowest BCUT2D eigenvalue weighted by Crippen LogP contribution is -2.38. The second-order valence-corrected chi connectivity index (χ2v) is 6.49. The lowest BCUT2D eigenvalue weighted by atomic mass is 10.1. The quantitative estimate of drug-likeness (QED) is 0.760. The molecule has 0 saturated carbocycles. The van der Waals surface area contributed by atoms with Crippen LogP contribution in [-0.2, 0) is 4.74 Å². The Morgan fingerprint density at radius 2 is 2.12 bits per heavy atom. The maximum atomic E-state index is 12.4. The third kappa shape index (κ3) is 4.09. The monoisotopic (exact) mass is 396 g/mol. The minimum Gasteiger partial charge on any atom is -0.496 e. The SMILES string of the molecule is COc1cc(C(=O)NCCCN2CCOCC2)cc2oc(Br)cc12. The third-order valence-corrected chi connectivity index (χ3v) is 4.48. The van der Waals surface area contributed by atoms with Crippen molar-refractivity contribution in [3.05, 3.63) is 28.4 Å². The second-order valence-electron chi connectivity index (χ2n) is 5.70. The summed E-state index contributed by atoms with van der Waals surface area (Å²) in [5, 5.41) is 3.80. The highest BCUT2D eigenvalue weighted by Crippen LogP contribution is 2.32. The molecule has 1 saturated heterocycles.